The van der Waals surface area contributed by atoms with Crippen LogP contribution in [-0.4, -0.2) is 27.6 Å². The largest absolute Gasteiger partial charge is 0.371 e. The van der Waals surface area contributed by atoms with Crippen LogP contribution in [0.1, 0.15) is 31.5 Å². The molecular formula is C15H20N4. The number of nitrogens with zero attached hydrogens (tertiary/aromatic N) is 4. The first-order valence-electron chi connectivity index (χ1n) is 7.04. The first-order valence-corrected chi connectivity index (χ1v) is 7.04. The Kier molecular flexibility index (Phi) is 3.49. The smallest absolute Gasteiger partial charge is 0.113 e. The van der Waals surface area contributed by atoms with Crippen LogP contribution < -0.4 is 4.90 Å². The molecule has 1 saturated heterocycles. The maximum absolute atomic E-state index is 4.56. The van der Waals surface area contributed by atoms with Crippen molar-refractivity contribution in [3.63, 3.8) is 0 Å². The number of pyridine rings is 1. The van der Waals surface area contributed by atoms with Crippen molar-refractivity contribution in [1.82, 2.24) is 14.5 Å². The van der Waals surface area contributed by atoms with Gasteiger partial charge in [-0.2, -0.15) is 0 Å². The van der Waals surface area contributed by atoms with Crippen LogP contribution in [-0.2, 0) is 6.54 Å². The molecule has 1 fully saturated rings. The van der Waals surface area contributed by atoms with Gasteiger partial charge in [0.15, 0.2) is 0 Å². The van der Waals surface area contributed by atoms with E-state index in [9.17, 15) is 0 Å². The van der Waals surface area contributed by atoms with Crippen molar-refractivity contribution in [2.24, 2.45) is 0 Å². The third kappa shape index (κ3) is 2.48. The van der Waals surface area contributed by atoms with Crippen molar-refractivity contribution in [3.05, 3.63) is 42.7 Å². The zero-order valence-electron chi connectivity index (χ0n) is 11.4. The van der Waals surface area contributed by atoms with E-state index in [0.29, 0.717) is 5.92 Å². The second-order valence-corrected chi connectivity index (χ2v) is 5.06. The SMILES string of the molecule is CCn1ccnc1[C@@H]1CCCN(c2ccncc2)C1. The molecule has 1 aliphatic heterocycles. The molecule has 0 bridgehead atoms. The van der Waals surface area contributed by atoms with Gasteiger partial charge in [-0.05, 0) is 31.9 Å². The van der Waals surface area contributed by atoms with E-state index in [2.05, 4.69) is 44.7 Å². The molecule has 4 nitrogen and oxygen atoms in total. The molecule has 1 aliphatic rings. The van der Waals surface area contributed by atoms with Gasteiger partial charge in [-0.25, -0.2) is 4.98 Å². The normalized spacial score (nSPS) is 19.6. The van der Waals surface area contributed by atoms with Gasteiger partial charge in [0.2, 0.25) is 0 Å². The number of hydrogen-bond acceptors (Lipinski definition) is 3. The molecule has 19 heavy (non-hydrogen) atoms. The van der Waals surface area contributed by atoms with E-state index in [0.717, 1.165) is 19.6 Å². The number of piperidine rings is 1. The van der Waals surface area contributed by atoms with E-state index in [1.807, 2.05) is 18.6 Å². The Balaban J connectivity index is 1.79. The summed E-state index contributed by atoms with van der Waals surface area (Å²) < 4.78 is 2.26. The molecule has 0 unspecified atom stereocenters. The quantitative estimate of drug-likeness (QED) is 0.846. The fourth-order valence-electron chi connectivity index (χ4n) is 2.93. The molecule has 0 N–H and O–H groups in total. The summed E-state index contributed by atoms with van der Waals surface area (Å²) in [5.41, 5.74) is 1.27. The van der Waals surface area contributed by atoms with E-state index in [4.69, 9.17) is 0 Å². The van der Waals surface area contributed by atoms with Crippen LogP contribution in [0.15, 0.2) is 36.9 Å². The lowest BCUT2D eigenvalue weighted by atomic mass is 9.96. The number of imidazole rings is 1. The van der Waals surface area contributed by atoms with Crippen molar-refractivity contribution in [3.8, 4) is 0 Å². The molecule has 1 atom stereocenters. The fourth-order valence-corrected chi connectivity index (χ4v) is 2.93. The highest BCUT2D eigenvalue weighted by Gasteiger charge is 2.24. The van der Waals surface area contributed by atoms with Crippen molar-refractivity contribution in [2.45, 2.75) is 32.2 Å². The summed E-state index contributed by atoms with van der Waals surface area (Å²) in [6.07, 6.45) is 10.2. The minimum atomic E-state index is 0.539. The average Bonchev–Trinajstić information content (AvgIpc) is 2.97. The zero-order valence-corrected chi connectivity index (χ0v) is 11.4. The summed E-state index contributed by atoms with van der Waals surface area (Å²) in [5.74, 6) is 1.78. The van der Waals surface area contributed by atoms with Gasteiger partial charge in [-0.3, -0.25) is 4.98 Å². The predicted octanol–water partition coefficient (Wildman–Crippen LogP) is 2.68. The van der Waals surface area contributed by atoms with E-state index in [1.54, 1.807) is 0 Å². The lowest BCUT2D eigenvalue weighted by Gasteiger charge is -2.34. The predicted molar refractivity (Wildman–Crippen MR) is 76.3 cm³/mol. The van der Waals surface area contributed by atoms with Gasteiger partial charge in [0.1, 0.15) is 5.82 Å². The van der Waals surface area contributed by atoms with Gasteiger partial charge in [0, 0.05) is 56.0 Å². The molecule has 0 aromatic carbocycles. The Morgan fingerprint density at radius 3 is 2.89 bits per heavy atom. The van der Waals surface area contributed by atoms with E-state index >= 15 is 0 Å². The molecule has 3 heterocycles. The monoisotopic (exact) mass is 256 g/mol. The molecular weight excluding hydrogens is 236 g/mol. The van der Waals surface area contributed by atoms with Crippen LogP contribution in [0.2, 0.25) is 0 Å². The average molecular weight is 256 g/mol. The zero-order chi connectivity index (χ0) is 13.1. The minimum Gasteiger partial charge on any atom is -0.371 e. The molecule has 0 spiro atoms. The summed E-state index contributed by atoms with van der Waals surface area (Å²) in [4.78, 5) is 11.1. The lowest BCUT2D eigenvalue weighted by Crippen LogP contribution is -2.35. The van der Waals surface area contributed by atoms with Crippen LogP contribution in [0.3, 0.4) is 0 Å². The molecule has 4 heteroatoms. The molecule has 0 aliphatic carbocycles. The van der Waals surface area contributed by atoms with E-state index in [1.165, 1.54) is 24.4 Å². The third-order valence-corrected chi connectivity index (χ3v) is 3.90. The lowest BCUT2D eigenvalue weighted by molar-refractivity contribution is 0.474. The number of rotatable bonds is 3. The van der Waals surface area contributed by atoms with Gasteiger partial charge in [0.05, 0.1) is 0 Å². The maximum atomic E-state index is 4.56. The molecule has 2 aromatic heterocycles. The highest BCUT2D eigenvalue weighted by molar-refractivity contribution is 5.45. The van der Waals surface area contributed by atoms with Gasteiger partial charge in [0.25, 0.3) is 0 Å². The Hall–Kier alpha value is -1.84. The summed E-state index contributed by atoms with van der Waals surface area (Å²) in [7, 11) is 0. The summed E-state index contributed by atoms with van der Waals surface area (Å²) >= 11 is 0. The van der Waals surface area contributed by atoms with Gasteiger partial charge < -0.3 is 9.47 Å². The van der Waals surface area contributed by atoms with Crippen LogP contribution in [0.25, 0.3) is 0 Å². The Labute approximate surface area is 114 Å². The number of aryl methyl sites for hydroxylation is 1. The van der Waals surface area contributed by atoms with Gasteiger partial charge in [-0.15, -0.1) is 0 Å². The molecule has 0 saturated carbocycles. The summed E-state index contributed by atoms with van der Waals surface area (Å²) in [6.45, 7) is 5.37. The van der Waals surface area contributed by atoms with Crippen molar-refractivity contribution in [1.29, 1.82) is 0 Å². The van der Waals surface area contributed by atoms with Crippen LogP contribution in [0.4, 0.5) is 5.69 Å². The van der Waals surface area contributed by atoms with Crippen LogP contribution in [0, 0.1) is 0 Å². The third-order valence-electron chi connectivity index (χ3n) is 3.90. The van der Waals surface area contributed by atoms with Crippen LogP contribution >= 0.6 is 0 Å². The highest BCUT2D eigenvalue weighted by Crippen LogP contribution is 2.28. The second-order valence-electron chi connectivity index (χ2n) is 5.06. The molecule has 0 radical (unpaired) electrons. The summed E-state index contributed by atoms with van der Waals surface area (Å²) in [5, 5.41) is 0. The number of hydrogen-bond donors (Lipinski definition) is 0. The molecule has 2 aromatic rings. The van der Waals surface area contributed by atoms with E-state index < -0.39 is 0 Å². The highest BCUT2D eigenvalue weighted by atomic mass is 15.2. The molecule has 3 rings (SSSR count). The minimum absolute atomic E-state index is 0.539. The number of anilines is 1. The fraction of sp³-hybridized carbons (Fsp3) is 0.467. The first kappa shape index (κ1) is 12.2. The van der Waals surface area contributed by atoms with Crippen molar-refractivity contribution >= 4 is 5.69 Å². The van der Waals surface area contributed by atoms with E-state index in [-0.39, 0.29) is 0 Å². The van der Waals surface area contributed by atoms with Gasteiger partial charge >= 0.3 is 0 Å². The van der Waals surface area contributed by atoms with Gasteiger partial charge in [-0.1, -0.05) is 0 Å². The molecule has 0 amide bonds. The topological polar surface area (TPSA) is 34.0 Å². The Bertz CT molecular complexity index is 520. The van der Waals surface area contributed by atoms with Crippen molar-refractivity contribution < 1.29 is 0 Å². The molecule has 100 valence electrons. The standard InChI is InChI=1S/C15H20N4/c1-2-18-11-9-17-15(18)13-4-3-10-19(12-13)14-5-7-16-8-6-14/h5-9,11,13H,2-4,10,12H2,1H3/t13-/m1/s1. The Morgan fingerprint density at radius 2 is 2.11 bits per heavy atom. The Morgan fingerprint density at radius 1 is 1.26 bits per heavy atom. The number of aromatic nitrogens is 3. The van der Waals surface area contributed by atoms with Crippen molar-refractivity contribution in [2.75, 3.05) is 18.0 Å². The summed E-state index contributed by atoms with van der Waals surface area (Å²) in [6, 6.07) is 4.18. The maximum Gasteiger partial charge on any atom is 0.113 e. The van der Waals surface area contributed by atoms with Crippen LogP contribution in [0.5, 0.6) is 0 Å². The first-order chi connectivity index (χ1) is 9.38. The second kappa shape index (κ2) is 5.43.